The van der Waals surface area contributed by atoms with Gasteiger partial charge in [-0.25, -0.2) is 13.2 Å². The van der Waals surface area contributed by atoms with Gasteiger partial charge in [-0.1, -0.05) is 44.2 Å². The molecule has 156 valence electrons. The molecule has 0 N–H and O–H groups in total. The second kappa shape index (κ2) is 11.1. The van der Waals surface area contributed by atoms with E-state index in [0.717, 1.165) is 49.0 Å². The van der Waals surface area contributed by atoms with Crippen LogP contribution in [0.2, 0.25) is 0 Å². The van der Waals surface area contributed by atoms with E-state index in [1.165, 1.54) is 69.9 Å². The minimum absolute atomic E-state index is 0.398. The predicted octanol–water partition coefficient (Wildman–Crippen LogP) is 8.48. The van der Waals surface area contributed by atoms with Gasteiger partial charge in [0.25, 0.3) is 0 Å². The van der Waals surface area contributed by atoms with Crippen molar-refractivity contribution in [2.45, 2.75) is 89.4 Å². The average Bonchev–Trinajstić information content (AvgIpc) is 2.73. The summed E-state index contributed by atoms with van der Waals surface area (Å²) in [6.07, 6.45) is 18.3. The summed E-state index contributed by atoms with van der Waals surface area (Å²) in [5, 5.41) is 0. The molecule has 0 saturated heterocycles. The first-order valence-electron chi connectivity index (χ1n) is 11.4. The lowest BCUT2D eigenvalue weighted by Crippen LogP contribution is -2.25. The van der Waals surface area contributed by atoms with Crippen LogP contribution in [0.1, 0.15) is 95.0 Å². The highest BCUT2D eigenvalue weighted by atomic mass is 19.2. The van der Waals surface area contributed by atoms with Crippen LogP contribution in [-0.4, -0.2) is 0 Å². The first-order chi connectivity index (χ1) is 13.7. The highest BCUT2D eigenvalue weighted by Gasteiger charge is 2.31. The molecular formula is C25H35F3. The van der Waals surface area contributed by atoms with E-state index in [9.17, 15) is 13.2 Å². The topological polar surface area (TPSA) is 0 Å². The smallest absolute Gasteiger partial charge is 0.159 e. The van der Waals surface area contributed by atoms with Gasteiger partial charge >= 0.3 is 0 Å². The summed E-state index contributed by atoms with van der Waals surface area (Å²) in [5.41, 5.74) is 0.975. The van der Waals surface area contributed by atoms with Crippen LogP contribution in [-0.2, 0) is 0 Å². The van der Waals surface area contributed by atoms with Crippen LogP contribution in [0.5, 0.6) is 0 Å². The fourth-order valence-corrected chi connectivity index (χ4v) is 5.57. The van der Waals surface area contributed by atoms with E-state index in [-0.39, 0.29) is 0 Å². The molecular weight excluding hydrogens is 357 g/mol. The largest absolute Gasteiger partial charge is 0.216 e. The second-order valence-electron chi connectivity index (χ2n) is 9.07. The first-order valence-corrected chi connectivity index (χ1v) is 11.4. The Morgan fingerprint density at radius 1 is 0.786 bits per heavy atom. The lowest BCUT2D eigenvalue weighted by atomic mass is 9.68. The van der Waals surface area contributed by atoms with E-state index in [2.05, 4.69) is 0 Å². The summed E-state index contributed by atoms with van der Waals surface area (Å²) in [7, 11) is 0. The summed E-state index contributed by atoms with van der Waals surface area (Å²) in [4.78, 5) is 0. The maximum atomic E-state index is 13.5. The van der Waals surface area contributed by atoms with Crippen LogP contribution in [0.25, 0.3) is 0 Å². The molecule has 0 radical (unpaired) electrons. The summed E-state index contributed by atoms with van der Waals surface area (Å²) < 4.78 is 38.6. The molecule has 28 heavy (non-hydrogen) atoms. The number of halogens is 3. The lowest BCUT2D eigenvalue weighted by Gasteiger charge is -2.38. The number of unbranched alkanes of at least 4 members (excludes halogenated alkanes) is 3. The average molecular weight is 393 g/mol. The van der Waals surface area contributed by atoms with Crippen molar-refractivity contribution in [2.24, 2.45) is 17.8 Å². The Bertz CT molecular complexity index is 608. The summed E-state index contributed by atoms with van der Waals surface area (Å²) >= 11 is 0. The highest BCUT2D eigenvalue weighted by Crippen LogP contribution is 2.44. The molecule has 1 aromatic rings. The van der Waals surface area contributed by atoms with Crippen LogP contribution in [0.15, 0.2) is 30.6 Å². The molecule has 2 saturated carbocycles. The zero-order chi connectivity index (χ0) is 19.8. The molecule has 0 heterocycles. The summed E-state index contributed by atoms with van der Waals surface area (Å²) in [6, 6.07) is 4.44. The molecule has 1 aromatic carbocycles. The third kappa shape index (κ3) is 6.12. The van der Waals surface area contributed by atoms with Crippen LogP contribution < -0.4 is 0 Å². The molecule has 3 rings (SSSR count). The summed E-state index contributed by atoms with van der Waals surface area (Å²) in [6.45, 7) is 0. The Kier molecular flexibility index (Phi) is 8.48. The predicted molar refractivity (Wildman–Crippen MR) is 110 cm³/mol. The van der Waals surface area contributed by atoms with Crippen molar-refractivity contribution < 1.29 is 13.2 Å². The Morgan fingerprint density at radius 2 is 1.46 bits per heavy atom. The maximum absolute atomic E-state index is 13.5. The van der Waals surface area contributed by atoms with Crippen LogP contribution in [0.4, 0.5) is 13.2 Å². The fourth-order valence-electron chi connectivity index (χ4n) is 5.57. The Morgan fingerprint density at radius 3 is 2.11 bits per heavy atom. The van der Waals surface area contributed by atoms with Gasteiger partial charge in [-0.15, -0.1) is 0 Å². The number of rotatable bonds is 8. The van der Waals surface area contributed by atoms with Crippen molar-refractivity contribution in [3.63, 3.8) is 0 Å². The van der Waals surface area contributed by atoms with Crippen molar-refractivity contribution >= 4 is 0 Å². The normalized spacial score (nSPS) is 28.7. The Hall–Kier alpha value is -1.25. The standard InChI is InChI=1S/C25H35F3/c26-17-5-3-1-2-4-6-19-7-9-20(10-8-19)21-11-13-22(14-12-21)23-15-16-24(27)25(28)18-23/h5,15-22H,1-4,6-14H2/b17-5+/t19-,20-,21-,22-. The van der Waals surface area contributed by atoms with Gasteiger partial charge in [0.05, 0.1) is 6.33 Å². The Labute approximate surface area is 168 Å². The SMILES string of the molecule is F/C=C/CCCCC[C@H]1CC[C@H]([C@H]2CC[C@H](c3ccc(F)c(F)c3)CC2)CC1. The van der Waals surface area contributed by atoms with Gasteiger partial charge in [0.1, 0.15) is 0 Å². The number of hydrogen-bond acceptors (Lipinski definition) is 0. The zero-order valence-corrected chi connectivity index (χ0v) is 17.0. The number of allylic oxidation sites excluding steroid dienone is 1. The molecule has 2 aliphatic carbocycles. The molecule has 0 nitrogen and oxygen atoms in total. The third-order valence-corrected chi connectivity index (χ3v) is 7.32. The van der Waals surface area contributed by atoms with Gasteiger partial charge in [-0.2, -0.15) is 0 Å². The molecule has 0 spiro atoms. The number of hydrogen-bond donors (Lipinski definition) is 0. The van der Waals surface area contributed by atoms with Crippen LogP contribution in [0, 0.1) is 29.4 Å². The zero-order valence-electron chi connectivity index (χ0n) is 17.0. The van der Waals surface area contributed by atoms with Crippen LogP contribution >= 0.6 is 0 Å². The van der Waals surface area contributed by atoms with Gasteiger partial charge in [0.15, 0.2) is 11.6 Å². The van der Waals surface area contributed by atoms with Gasteiger partial charge in [-0.3, -0.25) is 0 Å². The van der Waals surface area contributed by atoms with E-state index in [1.807, 2.05) is 0 Å². The van der Waals surface area contributed by atoms with Crippen LogP contribution in [0.3, 0.4) is 0 Å². The van der Waals surface area contributed by atoms with E-state index in [4.69, 9.17) is 0 Å². The molecule has 2 aliphatic rings. The molecule has 0 aromatic heterocycles. The fraction of sp³-hybridized carbons (Fsp3) is 0.680. The Balaban J connectivity index is 1.34. The molecule has 0 amide bonds. The molecule has 3 heteroatoms. The van der Waals surface area contributed by atoms with Crippen molar-refractivity contribution in [3.8, 4) is 0 Å². The molecule has 0 unspecified atom stereocenters. The van der Waals surface area contributed by atoms with E-state index in [1.54, 1.807) is 12.1 Å². The second-order valence-corrected chi connectivity index (χ2v) is 9.07. The molecule has 2 fully saturated rings. The quantitative estimate of drug-likeness (QED) is 0.389. The minimum Gasteiger partial charge on any atom is -0.216 e. The molecule has 0 aliphatic heterocycles. The molecule has 0 bridgehead atoms. The van der Waals surface area contributed by atoms with Crippen molar-refractivity contribution in [2.75, 3.05) is 0 Å². The first kappa shape index (κ1) is 21.5. The van der Waals surface area contributed by atoms with Gasteiger partial charge in [-0.05, 0) is 92.7 Å². The highest BCUT2D eigenvalue weighted by molar-refractivity contribution is 5.22. The van der Waals surface area contributed by atoms with Gasteiger partial charge in [0, 0.05) is 0 Å². The van der Waals surface area contributed by atoms with E-state index in [0.29, 0.717) is 12.2 Å². The van der Waals surface area contributed by atoms with Crippen molar-refractivity contribution in [1.29, 1.82) is 0 Å². The van der Waals surface area contributed by atoms with Gasteiger partial charge < -0.3 is 0 Å². The van der Waals surface area contributed by atoms with E-state index < -0.39 is 11.6 Å². The maximum Gasteiger partial charge on any atom is 0.159 e. The lowest BCUT2D eigenvalue weighted by molar-refractivity contribution is 0.155. The number of benzene rings is 1. The van der Waals surface area contributed by atoms with Gasteiger partial charge in [0.2, 0.25) is 0 Å². The molecule has 0 atom stereocenters. The van der Waals surface area contributed by atoms with E-state index >= 15 is 0 Å². The van der Waals surface area contributed by atoms with Crippen molar-refractivity contribution in [1.82, 2.24) is 0 Å². The minimum atomic E-state index is -0.745. The van der Waals surface area contributed by atoms with Crippen molar-refractivity contribution in [3.05, 3.63) is 47.8 Å². The monoisotopic (exact) mass is 392 g/mol. The third-order valence-electron chi connectivity index (χ3n) is 7.32. The summed E-state index contributed by atoms with van der Waals surface area (Å²) in [5.74, 6) is 1.54.